The van der Waals surface area contributed by atoms with Crippen molar-refractivity contribution >= 4 is 23.4 Å². The largest absolute Gasteiger partial charge is 0.510 e. The lowest BCUT2D eigenvalue weighted by Gasteiger charge is -2.41. The van der Waals surface area contributed by atoms with Crippen LogP contribution in [0.4, 0.5) is 0 Å². The minimum atomic E-state index is -1.65. The lowest BCUT2D eigenvalue weighted by molar-refractivity contribution is -0.306. The van der Waals surface area contributed by atoms with E-state index >= 15 is 0 Å². The predicted molar refractivity (Wildman–Crippen MR) is 361 cm³/mol. The summed E-state index contributed by atoms with van der Waals surface area (Å²) in [4.78, 5) is 48.1. The van der Waals surface area contributed by atoms with Gasteiger partial charge >= 0.3 is 0 Å². The second kappa shape index (κ2) is 48.7. The van der Waals surface area contributed by atoms with E-state index in [0.717, 1.165) is 12.8 Å². The molecule has 1 aliphatic carbocycles. The minimum absolute atomic E-state index is 0.00988. The predicted octanol–water partition coefficient (Wildman–Crippen LogP) is 4.17. The third kappa shape index (κ3) is 38.0. The van der Waals surface area contributed by atoms with Crippen molar-refractivity contribution < 1.29 is 105 Å². The number of aliphatic hydroxyl groups excluding tert-OH is 15. The highest BCUT2D eigenvalue weighted by Gasteiger charge is 2.44. The summed E-state index contributed by atoms with van der Waals surface area (Å²) in [5.41, 5.74) is -0.0424. The number of carbonyl (C=O) groups excluding carboxylic acids is 4. The number of amides is 2. The van der Waals surface area contributed by atoms with Gasteiger partial charge in [0.15, 0.2) is 12.1 Å². The molecule has 1 heterocycles. The average molecular weight is 1340 g/mol. The van der Waals surface area contributed by atoms with E-state index in [4.69, 9.17) is 9.47 Å². The maximum Gasteiger partial charge on any atom is 0.248 e. The van der Waals surface area contributed by atoms with Gasteiger partial charge in [0.1, 0.15) is 35.6 Å². The van der Waals surface area contributed by atoms with E-state index in [1.807, 2.05) is 37.3 Å². The zero-order valence-electron chi connectivity index (χ0n) is 55.6. The van der Waals surface area contributed by atoms with E-state index < -0.39 is 134 Å². The first-order chi connectivity index (χ1) is 45.1. The van der Waals surface area contributed by atoms with Crippen molar-refractivity contribution in [2.24, 2.45) is 17.8 Å². The standard InChI is InChI=1S/C72H110N2O21/c1-47(28-21-17-13-9-6-7-12-16-20-24-36-66(89)74-67-62(86)37-38-63(67)87)68(90)49(3)61(85)34-22-18-14-10-8-11-15-19-23-35-65(95-72-71(93)70(92)69(91)50(4)94-72)48(2)64(88)46-60(84)45-59(83)43-55(79)32-26-31-54(78)42-58(82)44-57(81)41-53(77)30-25-29-52(76)40-56(80)33-27-39-73-51(5)75/h6-12,14-16,18-26,28,30,32,34,36,47-50,52-61,65,68-72,76-86,90-93H,13,17,27,29,31,33,35,37-46H2,1-5H3,(H,73,75)(H,74,89)/b9-6+,10-8+,12-7+,15-11+,18-14+,20-16+,23-19+,28-21+,30-25+,32-26+,34-22+,36-24+. The fourth-order valence-corrected chi connectivity index (χ4v) is 10.2. The van der Waals surface area contributed by atoms with Crippen molar-refractivity contribution in [2.45, 2.75) is 241 Å². The molecular weight excluding hydrogens is 1230 g/mol. The van der Waals surface area contributed by atoms with Gasteiger partial charge in [-0.05, 0) is 77.6 Å². The van der Waals surface area contributed by atoms with Crippen LogP contribution in [0.15, 0.2) is 157 Å². The van der Waals surface area contributed by atoms with Gasteiger partial charge in [0.25, 0.3) is 0 Å². The Labute approximate surface area is 560 Å². The second-order valence-corrected chi connectivity index (χ2v) is 24.6. The van der Waals surface area contributed by atoms with E-state index in [-0.39, 0.29) is 99.7 Å². The van der Waals surface area contributed by atoms with Gasteiger partial charge in [-0.15, -0.1) is 0 Å². The molecule has 95 heavy (non-hydrogen) atoms. The number of ether oxygens (including phenoxy) is 2. The van der Waals surface area contributed by atoms with Crippen LogP contribution in [-0.4, -0.2) is 210 Å². The first kappa shape index (κ1) is 85.1. The summed E-state index contributed by atoms with van der Waals surface area (Å²) in [7, 11) is 0. The van der Waals surface area contributed by atoms with Gasteiger partial charge in [0, 0.05) is 69.4 Å². The molecule has 23 nitrogen and oxygen atoms in total. The van der Waals surface area contributed by atoms with Gasteiger partial charge in [-0.1, -0.05) is 161 Å². The summed E-state index contributed by atoms with van der Waals surface area (Å²) in [6.45, 7) is 8.53. The Kier molecular flexibility index (Phi) is 43.7. The summed E-state index contributed by atoms with van der Waals surface area (Å²) in [6, 6.07) is 0. The number of hydrogen-bond donors (Lipinski definition) is 17. The quantitative estimate of drug-likeness (QED) is 0.0176. The van der Waals surface area contributed by atoms with Gasteiger partial charge in [-0.25, -0.2) is 0 Å². The van der Waals surface area contributed by atoms with Crippen LogP contribution < -0.4 is 10.6 Å². The lowest BCUT2D eigenvalue weighted by atomic mass is 9.88. The van der Waals surface area contributed by atoms with Crippen molar-refractivity contribution in [3.05, 3.63) is 157 Å². The molecule has 1 fully saturated rings. The Morgan fingerprint density at radius 1 is 0.568 bits per heavy atom. The number of ketones is 2. The molecule has 0 aromatic rings. The number of rotatable bonds is 47. The van der Waals surface area contributed by atoms with Crippen LogP contribution >= 0.6 is 0 Å². The van der Waals surface area contributed by atoms with Crippen LogP contribution in [-0.2, 0) is 28.7 Å². The molecule has 0 aromatic carbocycles. The minimum Gasteiger partial charge on any atom is -0.510 e. The fourth-order valence-electron chi connectivity index (χ4n) is 10.2. The zero-order chi connectivity index (χ0) is 70.8. The van der Waals surface area contributed by atoms with Crippen LogP contribution in [0.25, 0.3) is 0 Å². The summed E-state index contributed by atoms with van der Waals surface area (Å²) in [5.74, 6) is -3.09. The molecule has 0 spiro atoms. The van der Waals surface area contributed by atoms with E-state index in [1.54, 1.807) is 92.8 Å². The molecule has 1 saturated heterocycles. The number of Topliss-reactive ketones (excluding diaryl/α,β-unsaturated/α-hetero) is 2. The Morgan fingerprint density at radius 3 is 1.66 bits per heavy atom. The number of allylic oxidation sites excluding steroid dienone is 18. The third-order valence-corrected chi connectivity index (χ3v) is 15.9. The van der Waals surface area contributed by atoms with E-state index in [0.29, 0.717) is 19.4 Å². The van der Waals surface area contributed by atoms with Gasteiger partial charge in [0.2, 0.25) is 11.8 Å². The second-order valence-electron chi connectivity index (χ2n) is 24.6. The van der Waals surface area contributed by atoms with Crippen LogP contribution in [0.1, 0.15) is 137 Å². The monoisotopic (exact) mass is 1340 g/mol. The number of carbonyl (C=O) groups is 4. The highest BCUT2D eigenvalue weighted by atomic mass is 16.7. The summed E-state index contributed by atoms with van der Waals surface area (Å²) < 4.78 is 11.7. The third-order valence-electron chi connectivity index (χ3n) is 15.9. The molecule has 20 unspecified atom stereocenters. The molecule has 17 N–H and O–H groups in total. The normalized spacial score (nSPS) is 23.6. The Balaban J connectivity index is 1.80. The van der Waals surface area contributed by atoms with Crippen LogP contribution in [0, 0.1) is 17.8 Å². The molecule has 0 radical (unpaired) electrons. The number of unbranched alkanes of at least 4 members (excludes halogenated alkanes) is 1. The maximum absolute atomic E-state index is 13.6. The van der Waals surface area contributed by atoms with E-state index in [1.165, 1.54) is 50.3 Å². The first-order valence-electron chi connectivity index (χ1n) is 33.0. The van der Waals surface area contributed by atoms with Crippen LogP contribution in [0.2, 0.25) is 0 Å². The van der Waals surface area contributed by atoms with Gasteiger partial charge in [-0.3, -0.25) is 19.2 Å². The van der Waals surface area contributed by atoms with Crippen LogP contribution in [0.3, 0.4) is 0 Å². The molecule has 2 aliphatic rings. The topological polar surface area (TPSA) is 414 Å². The van der Waals surface area contributed by atoms with Crippen molar-refractivity contribution in [2.75, 3.05) is 6.54 Å². The summed E-state index contributed by atoms with van der Waals surface area (Å²) in [6.07, 6.45) is 23.1. The van der Waals surface area contributed by atoms with Crippen molar-refractivity contribution in [1.29, 1.82) is 0 Å². The molecule has 23 heteroatoms. The molecule has 2 rings (SSSR count). The average Bonchev–Trinajstić information content (AvgIpc) is 1.48. The van der Waals surface area contributed by atoms with E-state index in [9.17, 15) is 95.8 Å². The molecule has 0 bridgehead atoms. The SMILES string of the molecule is CC(=O)NCCCC(O)CC(O)C/C=C/C(O)CC(O)CC(O)CC(O)C/C=C/C(O)CC(O)CC(O)CC(=O)C(C)C(C/C=C/C=C/C=C/C=C/C=C/C(O)C(C)C(O)C(C)/C=C/CC/C=C/C=C/C=C/C=C/C(=O)NC1=C(O)CCC1=O)OC1OC(C)C(O)C(O)C1O. The van der Waals surface area contributed by atoms with Gasteiger partial charge < -0.3 is 96.7 Å². The highest BCUT2D eigenvalue weighted by molar-refractivity contribution is 6.03. The first-order valence-corrected chi connectivity index (χ1v) is 33.0. The van der Waals surface area contributed by atoms with Crippen molar-refractivity contribution in [3.63, 3.8) is 0 Å². The molecule has 20 atom stereocenters. The lowest BCUT2D eigenvalue weighted by Crippen LogP contribution is -2.58. The van der Waals surface area contributed by atoms with Crippen molar-refractivity contribution in [1.82, 2.24) is 10.6 Å². The summed E-state index contributed by atoms with van der Waals surface area (Å²) >= 11 is 0. The molecule has 534 valence electrons. The molecule has 0 aromatic heterocycles. The number of aliphatic hydroxyl groups is 15. The zero-order valence-corrected chi connectivity index (χ0v) is 55.6. The Bertz CT molecular complexity index is 2640. The molecule has 1 aliphatic heterocycles. The number of hydrogen-bond acceptors (Lipinski definition) is 21. The molecule has 0 saturated carbocycles. The Morgan fingerprint density at radius 2 is 1.08 bits per heavy atom. The number of nitrogens with one attached hydrogen (secondary N) is 2. The smallest absolute Gasteiger partial charge is 0.248 e. The Hall–Kier alpha value is -5.94. The van der Waals surface area contributed by atoms with Gasteiger partial charge in [-0.2, -0.15) is 0 Å². The molecule has 2 amide bonds. The van der Waals surface area contributed by atoms with Gasteiger partial charge in [0.05, 0.1) is 79.4 Å². The van der Waals surface area contributed by atoms with E-state index in [2.05, 4.69) is 10.6 Å². The maximum atomic E-state index is 13.6. The fraction of sp³-hybridized carbons (Fsp3) is 0.583. The van der Waals surface area contributed by atoms with Crippen molar-refractivity contribution in [3.8, 4) is 0 Å². The van der Waals surface area contributed by atoms with Crippen LogP contribution in [0.5, 0.6) is 0 Å². The summed E-state index contributed by atoms with van der Waals surface area (Å²) in [5, 5.41) is 162. The highest BCUT2D eigenvalue weighted by Crippen LogP contribution is 2.28. The molecular formula is C72H110N2O21.